The monoisotopic (exact) mass is 375 g/mol. The van der Waals surface area contributed by atoms with Gasteiger partial charge in [0.05, 0.1) is 18.4 Å². The summed E-state index contributed by atoms with van der Waals surface area (Å²) >= 11 is 0. The number of rotatable bonds is 4. The minimum Gasteiger partial charge on any atom is -0.497 e. The van der Waals surface area contributed by atoms with Gasteiger partial charge in [-0.25, -0.2) is 0 Å². The standard InChI is InChI=1S/C19H16F3N3O2/c1-25-17(12-4-3-5-15(10-12)27-2)11-16(24-25)18(26)23-14-8-6-13(7-9-14)19(20,21)22/h3-11H,1-2H3,(H,23,26). The number of anilines is 1. The van der Waals surface area contributed by atoms with Gasteiger partial charge in [0.25, 0.3) is 5.91 Å². The smallest absolute Gasteiger partial charge is 0.416 e. The summed E-state index contributed by atoms with van der Waals surface area (Å²) in [6.45, 7) is 0. The molecule has 1 amide bonds. The molecule has 0 radical (unpaired) electrons. The maximum atomic E-state index is 12.6. The van der Waals surface area contributed by atoms with Crippen molar-refractivity contribution in [1.82, 2.24) is 9.78 Å². The lowest BCUT2D eigenvalue weighted by Crippen LogP contribution is -2.13. The van der Waals surface area contributed by atoms with Crippen LogP contribution in [-0.4, -0.2) is 22.8 Å². The molecule has 0 unspecified atom stereocenters. The van der Waals surface area contributed by atoms with E-state index in [0.717, 1.165) is 17.7 Å². The predicted octanol–water partition coefficient (Wildman–Crippen LogP) is 4.37. The summed E-state index contributed by atoms with van der Waals surface area (Å²) in [6.07, 6.45) is -4.42. The Labute approximate surface area is 153 Å². The van der Waals surface area contributed by atoms with Crippen LogP contribution in [0.2, 0.25) is 0 Å². The molecular formula is C19H16F3N3O2. The van der Waals surface area contributed by atoms with Crippen LogP contribution in [0.4, 0.5) is 18.9 Å². The van der Waals surface area contributed by atoms with E-state index in [1.807, 2.05) is 18.2 Å². The fourth-order valence-corrected chi connectivity index (χ4v) is 2.57. The molecule has 0 saturated heterocycles. The number of carbonyl (C=O) groups is 1. The lowest BCUT2D eigenvalue weighted by molar-refractivity contribution is -0.137. The van der Waals surface area contributed by atoms with E-state index in [-0.39, 0.29) is 11.4 Å². The highest BCUT2D eigenvalue weighted by Gasteiger charge is 2.30. The molecule has 1 N–H and O–H groups in total. The molecule has 0 spiro atoms. The van der Waals surface area contributed by atoms with Gasteiger partial charge in [-0.1, -0.05) is 12.1 Å². The Balaban J connectivity index is 1.80. The highest BCUT2D eigenvalue weighted by Crippen LogP contribution is 2.30. The Morgan fingerprint density at radius 1 is 1.11 bits per heavy atom. The summed E-state index contributed by atoms with van der Waals surface area (Å²) in [5, 5.41) is 6.72. The van der Waals surface area contributed by atoms with Crippen molar-refractivity contribution in [2.75, 3.05) is 12.4 Å². The van der Waals surface area contributed by atoms with Crippen LogP contribution in [0, 0.1) is 0 Å². The number of benzene rings is 2. The largest absolute Gasteiger partial charge is 0.497 e. The van der Waals surface area contributed by atoms with Gasteiger partial charge < -0.3 is 10.1 Å². The van der Waals surface area contributed by atoms with E-state index < -0.39 is 17.6 Å². The van der Waals surface area contributed by atoms with Gasteiger partial charge in [-0.3, -0.25) is 9.48 Å². The number of alkyl halides is 3. The minimum absolute atomic E-state index is 0.148. The van der Waals surface area contributed by atoms with Crippen molar-refractivity contribution in [2.45, 2.75) is 6.18 Å². The molecular weight excluding hydrogens is 359 g/mol. The molecule has 1 heterocycles. The average molecular weight is 375 g/mol. The van der Waals surface area contributed by atoms with Gasteiger partial charge in [0.2, 0.25) is 0 Å². The van der Waals surface area contributed by atoms with E-state index in [1.165, 1.54) is 12.1 Å². The van der Waals surface area contributed by atoms with Crippen LogP contribution in [0.25, 0.3) is 11.3 Å². The number of hydrogen-bond donors (Lipinski definition) is 1. The van der Waals surface area contributed by atoms with Crippen LogP contribution in [0.1, 0.15) is 16.1 Å². The van der Waals surface area contributed by atoms with Crippen molar-refractivity contribution in [3.63, 3.8) is 0 Å². The second kappa shape index (κ2) is 7.14. The molecule has 3 rings (SSSR count). The molecule has 0 aliphatic heterocycles. The number of methoxy groups -OCH3 is 1. The van der Waals surface area contributed by atoms with Crippen molar-refractivity contribution in [1.29, 1.82) is 0 Å². The zero-order valence-corrected chi connectivity index (χ0v) is 14.5. The van der Waals surface area contributed by atoms with E-state index in [2.05, 4.69) is 10.4 Å². The topological polar surface area (TPSA) is 56.1 Å². The van der Waals surface area contributed by atoms with E-state index in [4.69, 9.17) is 4.74 Å². The first-order valence-corrected chi connectivity index (χ1v) is 7.95. The lowest BCUT2D eigenvalue weighted by Gasteiger charge is -2.08. The van der Waals surface area contributed by atoms with Crippen LogP contribution in [0.15, 0.2) is 54.6 Å². The van der Waals surface area contributed by atoms with Gasteiger partial charge in [-0.15, -0.1) is 0 Å². The number of hydrogen-bond acceptors (Lipinski definition) is 3. The third-order valence-electron chi connectivity index (χ3n) is 3.95. The van der Waals surface area contributed by atoms with Gasteiger partial charge in [-0.2, -0.15) is 18.3 Å². The van der Waals surface area contributed by atoms with E-state index >= 15 is 0 Å². The Bertz CT molecular complexity index is 963. The summed E-state index contributed by atoms with van der Waals surface area (Å²) in [6, 6.07) is 13.1. The molecule has 8 heteroatoms. The van der Waals surface area contributed by atoms with Crippen LogP contribution in [-0.2, 0) is 13.2 Å². The fraction of sp³-hybridized carbons (Fsp3) is 0.158. The molecule has 27 heavy (non-hydrogen) atoms. The summed E-state index contributed by atoms with van der Waals surface area (Å²) in [4.78, 5) is 12.4. The first-order chi connectivity index (χ1) is 12.8. The van der Waals surface area contributed by atoms with Gasteiger partial charge in [-0.05, 0) is 42.5 Å². The van der Waals surface area contributed by atoms with E-state index in [9.17, 15) is 18.0 Å². The molecule has 0 aliphatic rings. The minimum atomic E-state index is -4.42. The van der Waals surface area contributed by atoms with Crippen LogP contribution >= 0.6 is 0 Å². The first-order valence-electron chi connectivity index (χ1n) is 7.95. The second-order valence-electron chi connectivity index (χ2n) is 5.80. The number of amides is 1. The van der Waals surface area contributed by atoms with Crippen molar-refractivity contribution in [3.8, 4) is 17.0 Å². The molecule has 0 atom stereocenters. The van der Waals surface area contributed by atoms with Crippen LogP contribution in [0.5, 0.6) is 5.75 Å². The maximum absolute atomic E-state index is 12.6. The predicted molar refractivity (Wildman–Crippen MR) is 94.6 cm³/mol. The molecule has 1 aromatic heterocycles. The maximum Gasteiger partial charge on any atom is 0.416 e. The Hall–Kier alpha value is -3.29. The third-order valence-corrected chi connectivity index (χ3v) is 3.95. The Morgan fingerprint density at radius 2 is 1.81 bits per heavy atom. The number of halogens is 3. The van der Waals surface area contributed by atoms with Gasteiger partial charge in [0, 0.05) is 18.3 Å². The highest BCUT2D eigenvalue weighted by molar-refractivity contribution is 6.03. The molecule has 3 aromatic rings. The quantitative estimate of drug-likeness (QED) is 0.737. The molecule has 0 bridgehead atoms. The number of nitrogens with zero attached hydrogens (tertiary/aromatic N) is 2. The van der Waals surface area contributed by atoms with Crippen molar-refractivity contribution in [3.05, 3.63) is 65.9 Å². The number of carbonyl (C=O) groups excluding carboxylic acids is 1. The summed E-state index contributed by atoms with van der Waals surface area (Å²) in [5.74, 6) is 0.156. The van der Waals surface area contributed by atoms with Crippen LogP contribution < -0.4 is 10.1 Å². The van der Waals surface area contributed by atoms with Gasteiger partial charge >= 0.3 is 6.18 Å². The molecule has 5 nitrogen and oxygen atoms in total. The highest BCUT2D eigenvalue weighted by atomic mass is 19.4. The van der Waals surface area contributed by atoms with Gasteiger partial charge in [0.15, 0.2) is 5.69 Å². The number of aromatic nitrogens is 2. The zero-order valence-electron chi connectivity index (χ0n) is 14.5. The van der Waals surface area contributed by atoms with Gasteiger partial charge in [0.1, 0.15) is 5.75 Å². The fourth-order valence-electron chi connectivity index (χ4n) is 2.57. The van der Waals surface area contributed by atoms with E-state index in [0.29, 0.717) is 11.4 Å². The number of aryl methyl sites for hydroxylation is 1. The van der Waals surface area contributed by atoms with Crippen molar-refractivity contribution >= 4 is 11.6 Å². The van der Waals surface area contributed by atoms with Crippen LogP contribution in [0.3, 0.4) is 0 Å². The van der Waals surface area contributed by atoms with Crippen molar-refractivity contribution in [2.24, 2.45) is 7.05 Å². The zero-order chi connectivity index (χ0) is 19.6. The molecule has 2 aromatic carbocycles. The second-order valence-corrected chi connectivity index (χ2v) is 5.80. The molecule has 0 saturated carbocycles. The number of nitrogens with one attached hydrogen (secondary N) is 1. The van der Waals surface area contributed by atoms with Crippen molar-refractivity contribution < 1.29 is 22.7 Å². The summed E-state index contributed by atoms with van der Waals surface area (Å²) in [5.41, 5.74) is 1.14. The Morgan fingerprint density at radius 3 is 2.44 bits per heavy atom. The number of ether oxygens (including phenoxy) is 1. The first kappa shape index (κ1) is 18.5. The lowest BCUT2D eigenvalue weighted by atomic mass is 10.1. The normalized spacial score (nSPS) is 11.3. The SMILES string of the molecule is COc1cccc(-c2cc(C(=O)Nc3ccc(C(F)(F)F)cc3)nn2C)c1. The molecule has 0 aliphatic carbocycles. The Kier molecular flexibility index (Phi) is 4.89. The molecule has 140 valence electrons. The average Bonchev–Trinajstić information content (AvgIpc) is 3.03. The summed E-state index contributed by atoms with van der Waals surface area (Å²) in [7, 11) is 3.26. The third kappa shape index (κ3) is 4.11. The van der Waals surface area contributed by atoms with E-state index in [1.54, 1.807) is 31.0 Å². The molecule has 0 fully saturated rings. The summed E-state index contributed by atoms with van der Waals surface area (Å²) < 4.78 is 44.5.